The number of furan rings is 1. The predicted molar refractivity (Wildman–Crippen MR) is 238 cm³/mol. The Labute approximate surface area is 342 Å². The number of aromatic nitrogens is 3. The summed E-state index contributed by atoms with van der Waals surface area (Å²) < 4.78 is 7.03. The molecule has 0 fully saturated rings. The number of para-hydroxylation sites is 1. The molecule has 278 valence electrons. The van der Waals surface area contributed by atoms with Crippen molar-refractivity contribution in [3.05, 3.63) is 221 Å². The maximum absolute atomic E-state index is 7.03. The standard InChI is InChI=1S/C55H37N3O/c1-54(2)44-26-13-14-27-45(44)55(42-24-11-9-20-38(42)39-21-10-12-25-43(39)55)46-32-33-47-48(49(46)54)40-22-15-23-41(50(40)59-47)53-57-51(36-18-7-4-8-19-36)56-52(58-53)37-30-28-35(29-31-37)34-16-5-3-6-17-34/h3-33H,1-2H3. The first-order chi connectivity index (χ1) is 29.0. The van der Waals surface area contributed by atoms with Crippen molar-refractivity contribution >= 4 is 21.9 Å². The van der Waals surface area contributed by atoms with E-state index in [1.807, 2.05) is 36.4 Å². The molecule has 1 spiro atoms. The lowest BCUT2D eigenvalue weighted by molar-refractivity contribution is 0.567. The number of rotatable bonds is 4. The lowest BCUT2D eigenvalue weighted by Gasteiger charge is -2.47. The molecule has 0 atom stereocenters. The van der Waals surface area contributed by atoms with Crippen molar-refractivity contribution in [2.45, 2.75) is 24.7 Å². The van der Waals surface area contributed by atoms with Crippen molar-refractivity contribution in [3.8, 4) is 56.4 Å². The van der Waals surface area contributed by atoms with Gasteiger partial charge < -0.3 is 4.42 Å². The van der Waals surface area contributed by atoms with Crippen molar-refractivity contribution in [1.82, 2.24) is 15.0 Å². The maximum Gasteiger partial charge on any atom is 0.167 e. The number of hydrogen-bond donors (Lipinski definition) is 0. The molecular weight excluding hydrogens is 719 g/mol. The molecule has 0 saturated carbocycles. The Kier molecular flexibility index (Phi) is 7.16. The van der Waals surface area contributed by atoms with Gasteiger partial charge in [0.25, 0.3) is 0 Å². The fourth-order valence-corrected chi connectivity index (χ4v) is 10.3. The van der Waals surface area contributed by atoms with E-state index in [-0.39, 0.29) is 5.41 Å². The Balaban J connectivity index is 1.11. The quantitative estimate of drug-likeness (QED) is 0.179. The van der Waals surface area contributed by atoms with Crippen molar-refractivity contribution in [2.24, 2.45) is 0 Å². The molecule has 0 saturated heterocycles. The van der Waals surface area contributed by atoms with Gasteiger partial charge in [-0.15, -0.1) is 0 Å². The smallest absolute Gasteiger partial charge is 0.167 e. The van der Waals surface area contributed by atoms with E-state index in [1.165, 1.54) is 44.5 Å². The molecule has 2 heterocycles. The molecule has 8 aromatic carbocycles. The zero-order chi connectivity index (χ0) is 39.3. The van der Waals surface area contributed by atoms with Gasteiger partial charge in [-0.1, -0.05) is 190 Å². The van der Waals surface area contributed by atoms with E-state index in [0.717, 1.165) is 49.8 Å². The first kappa shape index (κ1) is 33.7. The van der Waals surface area contributed by atoms with Crippen LogP contribution in [-0.2, 0) is 10.8 Å². The highest BCUT2D eigenvalue weighted by molar-refractivity contribution is 6.12. The number of fused-ring (bicyclic) bond motifs is 13. The number of hydrogen-bond acceptors (Lipinski definition) is 4. The van der Waals surface area contributed by atoms with E-state index in [4.69, 9.17) is 19.4 Å². The fraction of sp³-hybridized carbons (Fsp3) is 0.0727. The van der Waals surface area contributed by atoms with Crippen LogP contribution < -0.4 is 0 Å². The molecule has 0 N–H and O–H groups in total. The van der Waals surface area contributed by atoms with E-state index >= 15 is 0 Å². The van der Waals surface area contributed by atoms with E-state index in [1.54, 1.807) is 0 Å². The molecule has 0 unspecified atom stereocenters. The van der Waals surface area contributed by atoms with Crippen LogP contribution in [0.4, 0.5) is 0 Å². The molecule has 2 aromatic heterocycles. The lowest BCUT2D eigenvalue weighted by atomic mass is 9.55. The van der Waals surface area contributed by atoms with Crippen molar-refractivity contribution in [1.29, 1.82) is 0 Å². The minimum atomic E-state index is -0.492. The second-order valence-corrected chi connectivity index (χ2v) is 16.3. The Morgan fingerprint density at radius 3 is 1.53 bits per heavy atom. The third-order valence-electron chi connectivity index (χ3n) is 12.8. The van der Waals surface area contributed by atoms with Gasteiger partial charge in [0.05, 0.1) is 11.0 Å². The summed E-state index contributed by atoms with van der Waals surface area (Å²) in [6.07, 6.45) is 0. The van der Waals surface area contributed by atoms with Crippen LogP contribution in [0.25, 0.3) is 78.4 Å². The number of nitrogens with zero attached hydrogens (tertiary/aromatic N) is 3. The average Bonchev–Trinajstić information content (AvgIpc) is 3.83. The molecule has 2 aliphatic rings. The summed E-state index contributed by atoms with van der Waals surface area (Å²) in [5, 5.41) is 2.18. The minimum absolute atomic E-state index is 0.345. The molecule has 2 aliphatic carbocycles. The molecule has 10 aromatic rings. The normalized spacial score (nSPS) is 14.2. The van der Waals surface area contributed by atoms with Crippen LogP contribution in [0.3, 0.4) is 0 Å². The fourth-order valence-electron chi connectivity index (χ4n) is 10.3. The van der Waals surface area contributed by atoms with Crippen molar-refractivity contribution in [3.63, 3.8) is 0 Å². The second-order valence-electron chi connectivity index (χ2n) is 16.3. The van der Waals surface area contributed by atoms with Crippen LogP contribution in [0.15, 0.2) is 192 Å². The average molecular weight is 756 g/mol. The maximum atomic E-state index is 7.03. The minimum Gasteiger partial charge on any atom is -0.455 e. The van der Waals surface area contributed by atoms with Crippen molar-refractivity contribution < 1.29 is 4.42 Å². The highest BCUT2D eigenvalue weighted by Crippen LogP contribution is 2.63. The van der Waals surface area contributed by atoms with Crippen LogP contribution in [-0.4, -0.2) is 15.0 Å². The third-order valence-corrected chi connectivity index (χ3v) is 12.8. The SMILES string of the molecule is CC1(C)c2ccccc2C2(c3ccccc3-c3ccccc32)c2ccc3oc4c(-c5nc(-c6ccccc6)nc(-c6ccc(-c7ccccc7)cc6)n5)cccc4c3c21. The molecule has 0 bridgehead atoms. The van der Waals surface area contributed by atoms with Crippen molar-refractivity contribution in [2.75, 3.05) is 0 Å². The van der Waals surface area contributed by atoms with Crippen LogP contribution >= 0.6 is 0 Å². The van der Waals surface area contributed by atoms with Gasteiger partial charge in [-0.3, -0.25) is 0 Å². The molecule has 59 heavy (non-hydrogen) atoms. The molecule has 0 aliphatic heterocycles. The summed E-state index contributed by atoms with van der Waals surface area (Å²) in [7, 11) is 0. The summed E-state index contributed by atoms with van der Waals surface area (Å²) in [4.78, 5) is 15.4. The predicted octanol–water partition coefficient (Wildman–Crippen LogP) is 13.4. The molecule has 0 amide bonds. The molecule has 12 rings (SSSR count). The third kappa shape index (κ3) is 4.74. The largest absolute Gasteiger partial charge is 0.455 e. The van der Waals surface area contributed by atoms with Crippen LogP contribution in [0.5, 0.6) is 0 Å². The summed E-state index contributed by atoms with van der Waals surface area (Å²) in [5.74, 6) is 1.79. The Morgan fingerprint density at radius 2 is 0.864 bits per heavy atom. The van der Waals surface area contributed by atoms with Gasteiger partial charge in [0.1, 0.15) is 11.2 Å². The van der Waals surface area contributed by atoms with Gasteiger partial charge in [-0.25, -0.2) is 15.0 Å². The monoisotopic (exact) mass is 755 g/mol. The first-order valence-corrected chi connectivity index (χ1v) is 20.3. The number of benzene rings is 8. The highest BCUT2D eigenvalue weighted by Gasteiger charge is 2.54. The first-order valence-electron chi connectivity index (χ1n) is 20.3. The zero-order valence-corrected chi connectivity index (χ0v) is 32.6. The van der Waals surface area contributed by atoms with Gasteiger partial charge in [0.15, 0.2) is 17.5 Å². The molecule has 4 nitrogen and oxygen atoms in total. The summed E-state index contributed by atoms with van der Waals surface area (Å²) >= 11 is 0. The molecule has 0 radical (unpaired) electrons. The van der Waals surface area contributed by atoms with Crippen LogP contribution in [0.2, 0.25) is 0 Å². The Morgan fingerprint density at radius 1 is 0.373 bits per heavy atom. The van der Waals surface area contributed by atoms with E-state index in [0.29, 0.717) is 17.5 Å². The topological polar surface area (TPSA) is 51.8 Å². The van der Waals surface area contributed by atoms with E-state index in [9.17, 15) is 0 Å². The van der Waals surface area contributed by atoms with Gasteiger partial charge in [-0.2, -0.15) is 0 Å². The summed E-state index contributed by atoms with van der Waals surface area (Å²) in [6.45, 7) is 4.75. The van der Waals surface area contributed by atoms with Gasteiger partial charge >= 0.3 is 0 Å². The van der Waals surface area contributed by atoms with E-state index in [2.05, 4.69) is 166 Å². The highest BCUT2D eigenvalue weighted by atomic mass is 16.3. The van der Waals surface area contributed by atoms with Crippen LogP contribution in [0, 0.1) is 0 Å². The molecule has 4 heteroatoms. The summed E-state index contributed by atoms with van der Waals surface area (Å²) in [5.41, 5.74) is 16.2. The lowest BCUT2D eigenvalue weighted by Crippen LogP contribution is -2.40. The molecular formula is C55H37N3O. The Hall–Kier alpha value is -7.43. The Bertz CT molecular complexity index is 3240. The van der Waals surface area contributed by atoms with E-state index < -0.39 is 5.41 Å². The summed E-state index contributed by atoms with van der Waals surface area (Å²) in [6, 6.07) is 67.0. The van der Waals surface area contributed by atoms with Gasteiger partial charge in [0, 0.05) is 27.3 Å². The van der Waals surface area contributed by atoms with Gasteiger partial charge in [0.2, 0.25) is 0 Å². The van der Waals surface area contributed by atoms with Gasteiger partial charge in [-0.05, 0) is 67.8 Å². The zero-order valence-electron chi connectivity index (χ0n) is 32.6. The van der Waals surface area contributed by atoms with Crippen LogP contribution in [0.1, 0.15) is 47.2 Å². The second kappa shape index (κ2) is 12.5.